The molecule has 0 spiro atoms. The van der Waals surface area contributed by atoms with Crippen molar-refractivity contribution in [1.82, 2.24) is 19.7 Å². The van der Waals surface area contributed by atoms with Crippen LogP contribution in [0.25, 0.3) is 11.3 Å². The second kappa shape index (κ2) is 11.3. The first kappa shape index (κ1) is 27.3. The fourth-order valence-electron chi connectivity index (χ4n) is 5.00. The number of carbonyl (C=O) groups excluding carboxylic acids is 1. The summed E-state index contributed by atoms with van der Waals surface area (Å²) in [6.45, 7) is 11.6. The molecule has 0 radical (unpaired) electrons. The molecule has 204 valence electrons. The minimum atomic E-state index is -2.74. The van der Waals surface area contributed by atoms with Crippen molar-refractivity contribution in [3.63, 3.8) is 0 Å². The number of amides is 1. The molecular weight excluding hydrogens is 480 g/mol. The molecule has 2 fully saturated rings. The van der Waals surface area contributed by atoms with Gasteiger partial charge in [0.2, 0.25) is 0 Å². The van der Waals surface area contributed by atoms with Gasteiger partial charge in [0.1, 0.15) is 17.5 Å². The fraction of sp³-hybridized carbons (Fsp3) is 0.667. The van der Waals surface area contributed by atoms with E-state index in [9.17, 15) is 13.6 Å². The van der Waals surface area contributed by atoms with Crippen LogP contribution in [0.15, 0.2) is 24.5 Å². The molecule has 1 amide bonds. The summed E-state index contributed by atoms with van der Waals surface area (Å²) in [7, 11) is 0. The number of anilines is 1. The molecule has 8 nitrogen and oxygen atoms in total. The van der Waals surface area contributed by atoms with E-state index < -0.39 is 12.0 Å². The zero-order valence-electron chi connectivity index (χ0n) is 22.5. The van der Waals surface area contributed by atoms with Crippen LogP contribution >= 0.6 is 0 Å². The molecule has 2 aliphatic rings. The quantitative estimate of drug-likeness (QED) is 0.462. The molecule has 10 heteroatoms. The number of rotatable bonds is 6. The van der Waals surface area contributed by atoms with Gasteiger partial charge in [0.15, 0.2) is 0 Å². The van der Waals surface area contributed by atoms with Crippen LogP contribution in [0.5, 0.6) is 0 Å². The molecule has 2 saturated heterocycles. The molecule has 0 N–H and O–H groups in total. The number of hydrogen-bond acceptors (Lipinski definition) is 6. The average Bonchev–Trinajstić information content (AvgIpc) is 3.33. The van der Waals surface area contributed by atoms with Gasteiger partial charge in [0.05, 0.1) is 23.6 Å². The number of halogens is 2. The van der Waals surface area contributed by atoms with Crippen LogP contribution in [-0.2, 0) is 9.47 Å². The maximum absolute atomic E-state index is 14.3. The Morgan fingerprint density at radius 3 is 2.65 bits per heavy atom. The minimum Gasteiger partial charge on any atom is -0.444 e. The van der Waals surface area contributed by atoms with E-state index in [2.05, 4.69) is 23.9 Å². The number of pyridine rings is 1. The van der Waals surface area contributed by atoms with Gasteiger partial charge in [0, 0.05) is 38.0 Å². The Balaban J connectivity index is 1.55. The summed E-state index contributed by atoms with van der Waals surface area (Å²) in [5.41, 5.74) is 0.672. The van der Waals surface area contributed by atoms with E-state index in [1.165, 1.54) is 0 Å². The normalized spacial score (nSPS) is 21.1. The van der Waals surface area contributed by atoms with E-state index in [1.54, 1.807) is 27.9 Å². The molecule has 2 aliphatic heterocycles. The summed E-state index contributed by atoms with van der Waals surface area (Å²) in [5, 5.41) is 4.40. The Kier molecular flexibility index (Phi) is 8.36. The standard InChI is InChI=1S/C27H39F2N5O3/c1-18(2)14-20-17-32(11-12-33(20)26(35)37-27(3,4)5)22-10-9-21(31-24(22)25(28)29)19-15-30-34(16-19)23-8-6-7-13-36-23/h9-10,15-16,18,20,23,25H,6-8,11-14,17H2,1-5H3. The summed E-state index contributed by atoms with van der Waals surface area (Å²) in [6, 6.07) is 3.33. The van der Waals surface area contributed by atoms with E-state index >= 15 is 0 Å². The molecular formula is C27H39F2N5O3. The fourth-order valence-corrected chi connectivity index (χ4v) is 5.00. The molecule has 0 saturated carbocycles. The van der Waals surface area contributed by atoms with E-state index in [0.717, 1.165) is 25.7 Å². The van der Waals surface area contributed by atoms with Crippen molar-refractivity contribution >= 4 is 11.8 Å². The van der Waals surface area contributed by atoms with Crippen molar-refractivity contribution in [3.8, 4) is 11.3 Å². The first-order valence-corrected chi connectivity index (χ1v) is 13.2. The Bertz CT molecular complexity index is 1060. The monoisotopic (exact) mass is 519 g/mol. The lowest BCUT2D eigenvalue weighted by atomic mass is 9.99. The zero-order valence-corrected chi connectivity index (χ0v) is 22.5. The van der Waals surface area contributed by atoms with Gasteiger partial charge in [-0.1, -0.05) is 13.8 Å². The third-order valence-electron chi connectivity index (χ3n) is 6.65. The van der Waals surface area contributed by atoms with Crippen LogP contribution in [0.1, 0.15) is 78.6 Å². The van der Waals surface area contributed by atoms with Gasteiger partial charge in [-0.2, -0.15) is 5.10 Å². The summed E-state index contributed by atoms with van der Waals surface area (Å²) in [5.74, 6) is 0.328. The van der Waals surface area contributed by atoms with Crippen LogP contribution in [0.4, 0.5) is 19.3 Å². The van der Waals surface area contributed by atoms with Gasteiger partial charge < -0.3 is 19.3 Å². The number of carbonyl (C=O) groups is 1. The largest absolute Gasteiger partial charge is 0.444 e. The molecule has 2 aromatic rings. The first-order chi connectivity index (χ1) is 17.5. The number of aromatic nitrogens is 3. The molecule has 0 aromatic carbocycles. The van der Waals surface area contributed by atoms with Crippen LogP contribution in [0, 0.1) is 5.92 Å². The van der Waals surface area contributed by atoms with E-state index in [-0.39, 0.29) is 24.1 Å². The second-order valence-electron chi connectivity index (χ2n) is 11.3. The van der Waals surface area contributed by atoms with Gasteiger partial charge >= 0.3 is 6.09 Å². The summed E-state index contributed by atoms with van der Waals surface area (Å²) in [6.07, 6.45) is 3.96. The Labute approximate surface area is 217 Å². The summed E-state index contributed by atoms with van der Waals surface area (Å²) < 4.78 is 41.7. The van der Waals surface area contributed by atoms with Crippen LogP contribution in [0.3, 0.4) is 0 Å². The van der Waals surface area contributed by atoms with Crippen LogP contribution in [0.2, 0.25) is 0 Å². The van der Waals surface area contributed by atoms with E-state index in [4.69, 9.17) is 9.47 Å². The molecule has 2 unspecified atom stereocenters. The predicted octanol–water partition coefficient (Wildman–Crippen LogP) is 6.05. The van der Waals surface area contributed by atoms with Crippen molar-refractivity contribution in [2.45, 2.75) is 84.6 Å². The molecule has 2 aromatic heterocycles. The number of alkyl halides is 2. The maximum atomic E-state index is 14.3. The predicted molar refractivity (Wildman–Crippen MR) is 138 cm³/mol. The molecule has 2 atom stereocenters. The Hall–Kier alpha value is -2.75. The van der Waals surface area contributed by atoms with Crippen molar-refractivity contribution < 1.29 is 23.0 Å². The van der Waals surface area contributed by atoms with Crippen molar-refractivity contribution in [2.24, 2.45) is 5.92 Å². The lowest BCUT2D eigenvalue weighted by Gasteiger charge is -2.43. The average molecular weight is 520 g/mol. The van der Waals surface area contributed by atoms with Gasteiger partial charge in [-0.15, -0.1) is 0 Å². The molecule has 0 aliphatic carbocycles. The van der Waals surface area contributed by atoms with Gasteiger partial charge in [-0.25, -0.2) is 23.2 Å². The Morgan fingerprint density at radius 1 is 1.22 bits per heavy atom. The Morgan fingerprint density at radius 2 is 2.00 bits per heavy atom. The van der Waals surface area contributed by atoms with Crippen LogP contribution < -0.4 is 4.90 Å². The number of piperazine rings is 1. The van der Waals surface area contributed by atoms with Crippen molar-refractivity contribution in [2.75, 3.05) is 31.1 Å². The summed E-state index contributed by atoms with van der Waals surface area (Å²) >= 11 is 0. The molecule has 0 bridgehead atoms. The zero-order chi connectivity index (χ0) is 26.7. The number of hydrogen-bond donors (Lipinski definition) is 0. The van der Waals surface area contributed by atoms with Crippen LogP contribution in [-0.4, -0.2) is 63.6 Å². The molecule has 37 heavy (non-hydrogen) atoms. The highest BCUT2D eigenvalue weighted by atomic mass is 19.3. The third-order valence-corrected chi connectivity index (χ3v) is 6.65. The van der Waals surface area contributed by atoms with E-state index in [1.807, 2.05) is 31.9 Å². The number of nitrogens with zero attached hydrogens (tertiary/aromatic N) is 5. The smallest absolute Gasteiger partial charge is 0.410 e. The minimum absolute atomic E-state index is 0.129. The van der Waals surface area contributed by atoms with Crippen molar-refractivity contribution in [1.29, 1.82) is 0 Å². The van der Waals surface area contributed by atoms with Crippen molar-refractivity contribution in [3.05, 3.63) is 30.2 Å². The number of ether oxygens (including phenoxy) is 2. The highest BCUT2D eigenvalue weighted by molar-refractivity contribution is 5.69. The summed E-state index contributed by atoms with van der Waals surface area (Å²) in [4.78, 5) is 20.9. The first-order valence-electron chi connectivity index (χ1n) is 13.2. The molecule has 4 rings (SSSR count). The second-order valence-corrected chi connectivity index (χ2v) is 11.3. The topological polar surface area (TPSA) is 72.7 Å². The lowest BCUT2D eigenvalue weighted by Crippen LogP contribution is -2.56. The van der Waals surface area contributed by atoms with Gasteiger partial charge in [-0.05, 0) is 64.5 Å². The highest BCUT2D eigenvalue weighted by Crippen LogP contribution is 2.34. The van der Waals surface area contributed by atoms with Gasteiger partial charge in [-0.3, -0.25) is 0 Å². The highest BCUT2D eigenvalue weighted by Gasteiger charge is 2.35. The maximum Gasteiger partial charge on any atom is 0.410 e. The molecule has 4 heterocycles. The lowest BCUT2D eigenvalue weighted by molar-refractivity contribution is -0.0394. The van der Waals surface area contributed by atoms with E-state index in [0.29, 0.717) is 49.1 Å². The van der Waals surface area contributed by atoms with Gasteiger partial charge in [0.25, 0.3) is 6.43 Å². The SMILES string of the molecule is CC(C)CC1CN(c2ccc(-c3cnn(C4CCCCO4)c3)nc2C(F)F)CCN1C(=O)OC(C)(C)C. The third kappa shape index (κ3) is 6.77.